The van der Waals surface area contributed by atoms with Gasteiger partial charge in [0.05, 0.1) is 5.69 Å². The molecule has 0 saturated heterocycles. The maximum atomic E-state index is 5.94. The number of hydrogen-bond acceptors (Lipinski definition) is 3. The van der Waals surface area contributed by atoms with E-state index in [-0.39, 0.29) is 0 Å². The molecule has 2 rings (SSSR count). The average molecular weight is 256 g/mol. The van der Waals surface area contributed by atoms with Crippen molar-refractivity contribution in [3.8, 4) is 11.6 Å². The topological polar surface area (TPSA) is 48.1 Å². The van der Waals surface area contributed by atoms with Gasteiger partial charge in [0, 0.05) is 6.20 Å². The predicted octanol–water partition coefficient (Wildman–Crippen LogP) is 4.28. The SMILES string of the molecule is CCC(C)c1ccc(Oc2nccc(C)c2N)cc1. The number of nitrogens with two attached hydrogens (primary N) is 1. The first-order chi connectivity index (χ1) is 9.11. The van der Waals surface area contributed by atoms with Gasteiger partial charge in [-0.05, 0) is 48.6 Å². The summed E-state index contributed by atoms with van der Waals surface area (Å²) in [5.41, 5.74) is 8.83. The van der Waals surface area contributed by atoms with Gasteiger partial charge >= 0.3 is 0 Å². The third-order valence-electron chi connectivity index (χ3n) is 3.45. The van der Waals surface area contributed by atoms with E-state index in [1.807, 2.05) is 25.1 Å². The number of benzene rings is 1. The van der Waals surface area contributed by atoms with Crippen LogP contribution in [0.2, 0.25) is 0 Å². The molecule has 19 heavy (non-hydrogen) atoms. The number of pyridine rings is 1. The van der Waals surface area contributed by atoms with E-state index in [4.69, 9.17) is 10.5 Å². The molecule has 0 saturated carbocycles. The number of anilines is 1. The van der Waals surface area contributed by atoms with E-state index < -0.39 is 0 Å². The Kier molecular flexibility index (Phi) is 4.05. The van der Waals surface area contributed by atoms with Gasteiger partial charge in [0.25, 0.3) is 0 Å². The number of aryl methyl sites for hydroxylation is 1. The molecular weight excluding hydrogens is 236 g/mol. The molecule has 0 bridgehead atoms. The van der Waals surface area contributed by atoms with Gasteiger partial charge in [-0.25, -0.2) is 4.98 Å². The van der Waals surface area contributed by atoms with Crippen LogP contribution in [0.3, 0.4) is 0 Å². The van der Waals surface area contributed by atoms with Crippen molar-refractivity contribution in [3.63, 3.8) is 0 Å². The smallest absolute Gasteiger partial charge is 0.242 e. The van der Waals surface area contributed by atoms with Gasteiger partial charge in [-0.3, -0.25) is 0 Å². The maximum Gasteiger partial charge on any atom is 0.242 e. The molecule has 100 valence electrons. The van der Waals surface area contributed by atoms with Crippen LogP contribution < -0.4 is 10.5 Å². The number of nitrogen functional groups attached to an aromatic ring is 1. The summed E-state index contributed by atoms with van der Waals surface area (Å²) in [6, 6.07) is 9.98. The highest BCUT2D eigenvalue weighted by Gasteiger charge is 2.07. The summed E-state index contributed by atoms with van der Waals surface area (Å²) in [7, 11) is 0. The minimum absolute atomic E-state index is 0.469. The minimum atomic E-state index is 0.469. The first kappa shape index (κ1) is 13.4. The van der Waals surface area contributed by atoms with Gasteiger partial charge in [0.15, 0.2) is 0 Å². The zero-order valence-corrected chi connectivity index (χ0v) is 11.7. The Balaban J connectivity index is 2.18. The molecule has 0 fully saturated rings. The van der Waals surface area contributed by atoms with Crippen molar-refractivity contribution in [3.05, 3.63) is 47.7 Å². The quantitative estimate of drug-likeness (QED) is 0.888. The van der Waals surface area contributed by atoms with Gasteiger partial charge in [-0.2, -0.15) is 0 Å². The molecule has 0 aliphatic heterocycles. The van der Waals surface area contributed by atoms with Crippen LogP contribution in [0.4, 0.5) is 5.69 Å². The molecule has 1 aromatic carbocycles. The molecule has 0 spiro atoms. The lowest BCUT2D eigenvalue weighted by atomic mass is 9.99. The molecule has 0 aliphatic rings. The number of ether oxygens (including phenoxy) is 1. The standard InChI is InChI=1S/C16H20N2O/c1-4-11(2)13-5-7-14(8-6-13)19-16-15(17)12(3)9-10-18-16/h5-11H,4,17H2,1-3H3. The number of nitrogens with zero attached hydrogens (tertiary/aromatic N) is 1. The largest absolute Gasteiger partial charge is 0.437 e. The summed E-state index contributed by atoms with van der Waals surface area (Å²) >= 11 is 0. The van der Waals surface area contributed by atoms with E-state index in [2.05, 4.69) is 31.0 Å². The fraction of sp³-hybridized carbons (Fsp3) is 0.312. The second-order valence-corrected chi connectivity index (χ2v) is 4.83. The molecule has 2 N–H and O–H groups in total. The lowest BCUT2D eigenvalue weighted by Crippen LogP contribution is -1.97. The molecule has 1 heterocycles. The zero-order chi connectivity index (χ0) is 13.8. The second kappa shape index (κ2) is 5.74. The van der Waals surface area contributed by atoms with Crippen LogP contribution in [0.1, 0.15) is 37.3 Å². The molecule has 1 aromatic heterocycles. The van der Waals surface area contributed by atoms with Gasteiger partial charge in [-0.1, -0.05) is 26.0 Å². The third kappa shape index (κ3) is 3.05. The molecule has 3 heteroatoms. The Bertz CT molecular complexity index is 549. The molecule has 1 atom stereocenters. The molecular formula is C16H20N2O. The van der Waals surface area contributed by atoms with Crippen LogP contribution in [-0.4, -0.2) is 4.98 Å². The van der Waals surface area contributed by atoms with Crippen molar-refractivity contribution in [1.29, 1.82) is 0 Å². The van der Waals surface area contributed by atoms with Crippen molar-refractivity contribution in [2.24, 2.45) is 0 Å². The Morgan fingerprint density at radius 3 is 2.53 bits per heavy atom. The van der Waals surface area contributed by atoms with E-state index in [1.54, 1.807) is 6.20 Å². The van der Waals surface area contributed by atoms with Crippen molar-refractivity contribution < 1.29 is 4.74 Å². The fourth-order valence-corrected chi connectivity index (χ4v) is 1.84. The Hall–Kier alpha value is -2.03. The first-order valence-electron chi connectivity index (χ1n) is 6.60. The first-order valence-corrected chi connectivity index (χ1v) is 6.60. The van der Waals surface area contributed by atoms with Crippen LogP contribution in [0.5, 0.6) is 11.6 Å². The van der Waals surface area contributed by atoms with Crippen LogP contribution in [0.25, 0.3) is 0 Å². The van der Waals surface area contributed by atoms with Crippen LogP contribution in [-0.2, 0) is 0 Å². The highest BCUT2D eigenvalue weighted by molar-refractivity contribution is 5.55. The van der Waals surface area contributed by atoms with E-state index in [1.165, 1.54) is 5.56 Å². The molecule has 3 nitrogen and oxygen atoms in total. The average Bonchev–Trinajstić information content (AvgIpc) is 2.44. The van der Waals surface area contributed by atoms with Crippen LogP contribution in [0.15, 0.2) is 36.5 Å². The normalized spacial score (nSPS) is 12.2. The highest BCUT2D eigenvalue weighted by atomic mass is 16.5. The zero-order valence-electron chi connectivity index (χ0n) is 11.7. The van der Waals surface area contributed by atoms with Gasteiger partial charge in [0.2, 0.25) is 5.88 Å². The number of rotatable bonds is 4. The number of hydrogen-bond donors (Lipinski definition) is 1. The summed E-state index contributed by atoms with van der Waals surface area (Å²) in [6.07, 6.45) is 2.83. The molecule has 0 amide bonds. The molecule has 1 unspecified atom stereocenters. The van der Waals surface area contributed by atoms with Crippen LogP contribution >= 0.6 is 0 Å². The van der Waals surface area contributed by atoms with E-state index in [0.29, 0.717) is 17.5 Å². The van der Waals surface area contributed by atoms with Crippen LogP contribution in [0, 0.1) is 6.92 Å². The third-order valence-corrected chi connectivity index (χ3v) is 3.45. The number of aromatic nitrogens is 1. The maximum absolute atomic E-state index is 5.94. The minimum Gasteiger partial charge on any atom is -0.437 e. The highest BCUT2D eigenvalue weighted by Crippen LogP contribution is 2.28. The Morgan fingerprint density at radius 1 is 1.21 bits per heavy atom. The summed E-state index contributed by atoms with van der Waals surface area (Å²) in [4.78, 5) is 4.16. The van der Waals surface area contributed by atoms with Crippen molar-refractivity contribution in [2.45, 2.75) is 33.1 Å². The Morgan fingerprint density at radius 2 is 1.89 bits per heavy atom. The monoisotopic (exact) mass is 256 g/mol. The van der Waals surface area contributed by atoms with Gasteiger partial charge < -0.3 is 10.5 Å². The van der Waals surface area contributed by atoms with E-state index in [0.717, 1.165) is 17.7 Å². The lowest BCUT2D eigenvalue weighted by molar-refractivity contribution is 0.465. The Labute approximate surface area is 114 Å². The van der Waals surface area contributed by atoms with E-state index in [9.17, 15) is 0 Å². The fourth-order valence-electron chi connectivity index (χ4n) is 1.84. The van der Waals surface area contributed by atoms with Crippen molar-refractivity contribution >= 4 is 5.69 Å². The summed E-state index contributed by atoms with van der Waals surface area (Å²) < 4.78 is 5.72. The summed E-state index contributed by atoms with van der Waals surface area (Å²) in [6.45, 7) is 6.35. The molecule has 2 aromatic rings. The summed E-state index contributed by atoms with van der Waals surface area (Å²) in [5, 5.41) is 0. The van der Waals surface area contributed by atoms with Gasteiger partial charge in [0.1, 0.15) is 5.75 Å². The summed E-state index contributed by atoms with van der Waals surface area (Å²) in [5.74, 6) is 1.80. The van der Waals surface area contributed by atoms with Crippen molar-refractivity contribution in [2.75, 3.05) is 5.73 Å². The molecule has 0 radical (unpaired) electrons. The lowest BCUT2D eigenvalue weighted by Gasteiger charge is -2.11. The predicted molar refractivity (Wildman–Crippen MR) is 78.6 cm³/mol. The van der Waals surface area contributed by atoms with E-state index >= 15 is 0 Å². The van der Waals surface area contributed by atoms with Gasteiger partial charge in [-0.15, -0.1) is 0 Å². The second-order valence-electron chi connectivity index (χ2n) is 4.83. The van der Waals surface area contributed by atoms with Crippen molar-refractivity contribution in [1.82, 2.24) is 4.98 Å². The molecule has 0 aliphatic carbocycles.